The summed E-state index contributed by atoms with van der Waals surface area (Å²) in [6.07, 6.45) is 0.925. The van der Waals surface area contributed by atoms with Crippen molar-refractivity contribution < 1.29 is 23.9 Å². The van der Waals surface area contributed by atoms with E-state index in [1.54, 1.807) is 0 Å². The van der Waals surface area contributed by atoms with Gasteiger partial charge in [0.05, 0.1) is 0 Å². The molecule has 1 fully saturated rings. The summed E-state index contributed by atoms with van der Waals surface area (Å²) < 4.78 is 4.83. The number of nitrogens with two attached hydrogens (primary N) is 1. The molecule has 8 heteroatoms. The molecule has 2 atom stereocenters. The van der Waals surface area contributed by atoms with Crippen LogP contribution < -0.4 is 11.1 Å². The number of urea groups is 1. The first-order valence-corrected chi connectivity index (χ1v) is 8.06. The number of primary amides is 1. The number of benzene rings is 1. The molecular formula is C17H19N3O5. The van der Waals surface area contributed by atoms with Gasteiger partial charge >= 0.3 is 12.0 Å². The number of esters is 1. The molecule has 4 amide bonds. The lowest BCUT2D eigenvalue weighted by molar-refractivity contribution is -0.155. The van der Waals surface area contributed by atoms with Crippen molar-refractivity contribution in [2.24, 2.45) is 5.73 Å². The number of nitrogens with one attached hydrogen (secondary N) is 1. The van der Waals surface area contributed by atoms with Crippen LogP contribution in [0.5, 0.6) is 0 Å². The van der Waals surface area contributed by atoms with Crippen molar-refractivity contribution in [1.82, 2.24) is 10.2 Å². The van der Waals surface area contributed by atoms with E-state index in [1.165, 1.54) is 6.92 Å². The molecule has 0 radical (unpaired) electrons. The standard InChI is InChI=1S/C17H19N3O5/c1-10(14(18)22)25-13(21)9-20-15(23)17(19-16(20)24)8-4-6-11-5-2-3-7-12(11)17/h2-3,5,7,10H,4,6,8-9H2,1H3,(H2,18,22)(H,19,24)/t10-,17-/m0/s1. The van der Waals surface area contributed by atoms with Crippen LogP contribution in [-0.4, -0.2) is 41.4 Å². The second-order valence-corrected chi connectivity index (χ2v) is 6.27. The van der Waals surface area contributed by atoms with E-state index in [-0.39, 0.29) is 0 Å². The second-order valence-electron chi connectivity index (χ2n) is 6.27. The smallest absolute Gasteiger partial charge is 0.327 e. The predicted molar refractivity (Wildman–Crippen MR) is 86.1 cm³/mol. The highest BCUT2D eigenvalue weighted by Crippen LogP contribution is 2.39. The van der Waals surface area contributed by atoms with Gasteiger partial charge in [-0.2, -0.15) is 0 Å². The van der Waals surface area contributed by atoms with Crippen molar-refractivity contribution in [3.8, 4) is 0 Å². The zero-order valence-corrected chi connectivity index (χ0v) is 13.8. The fourth-order valence-electron chi connectivity index (χ4n) is 3.38. The summed E-state index contributed by atoms with van der Waals surface area (Å²) in [4.78, 5) is 49.0. The lowest BCUT2D eigenvalue weighted by atomic mass is 9.76. The average molecular weight is 345 g/mol. The Hall–Kier alpha value is -2.90. The van der Waals surface area contributed by atoms with Crippen LogP contribution in [0.15, 0.2) is 24.3 Å². The molecule has 0 bridgehead atoms. The van der Waals surface area contributed by atoms with Crippen LogP contribution in [0.2, 0.25) is 0 Å². The summed E-state index contributed by atoms with van der Waals surface area (Å²) in [5, 5.41) is 2.74. The van der Waals surface area contributed by atoms with Crippen LogP contribution in [0.1, 0.15) is 30.9 Å². The molecule has 3 N–H and O–H groups in total. The minimum Gasteiger partial charge on any atom is -0.451 e. The summed E-state index contributed by atoms with van der Waals surface area (Å²) in [6.45, 7) is 0.761. The van der Waals surface area contributed by atoms with Crippen LogP contribution >= 0.6 is 0 Å². The van der Waals surface area contributed by atoms with E-state index in [4.69, 9.17) is 10.5 Å². The molecule has 0 saturated carbocycles. The normalized spacial score (nSPS) is 23.2. The lowest BCUT2D eigenvalue weighted by Gasteiger charge is -2.33. The number of rotatable bonds is 4. The van der Waals surface area contributed by atoms with Crippen LogP contribution in [0.3, 0.4) is 0 Å². The van der Waals surface area contributed by atoms with Gasteiger partial charge in [0.25, 0.3) is 11.8 Å². The van der Waals surface area contributed by atoms with E-state index in [2.05, 4.69) is 5.32 Å². The molecule has 1 heterocycles. The summed E-state index contributed by atoms with van der Waals surface area (Å²) in [5.41, 5.74) is 5.67. The maximum Gasteiger partial charge on any atom is 0.327 e. The van der Waals surface area contributed by atoms with E-state index in [0.717, 1.165) is 28.9 Å². The molecule has 8 nitrogen and oxygen atoms in total. The summed E-state index contributed by atoms with van der Waals surface area (Å²) in [5.74, 6) is -2.15. The highest BCUT2D eigenvalue weighted by molar-refractivity contribution is 6.09. The van der Waals surface area contributed by atoms with Gasteiger partial charge in [0.2, 0.25) is 0 Å². The minimum atomic E-state index is -1.14. The van der Waals surface area contributed by atoms with Crippen molar-refractivity contribution in [3.05, 3.63) is 35.4 Å². The maximum absolute atomic E-state index is 13.0. The molecule has 0 aromatic heterocycles. The Morgan fingerprint density at radius 1 is 1.36 bits per heavy atom. The molecule has 1 aliphatic heterocycles. The van der Waals surface area contributed by atoms with E-state index in [1.807, 2.05) is 24.3 Å². The molecule has 2 aliphatic rings. The number of ether oxygens (including phenoxy) is 1. The fraction of sp³-hybridized carbons (Fsp3) is 0.412. The number of nitrogens with zero attached hydrogens (tertiary/aromatic N) is 1. The molecule has 132 valence electrons. The van der Waals surface area contributed by atoms with Gasteiger partial charge in [-0.25, -0.2) is 4.79 Å². The maximum atomic E-state index is 13.0. The molecule has 1 saturated heterocycles. The minimum absolute atomic E-state index is 0.470. The monoisotopic (exact) mass is 345 g/mol. The number of amides is 4. The molecule has 1 aromatic carbocycles. The average Bonchev–Trinajstić information content (AvgIpc) is 2.80. The van der Waals surface area contributed by atoms with E-state index in [0.29, 0.717) is 6.42 Å². The van der Waals surface area contributed by atoms with Crippen molar-refractivity contribution in [2.75, 3.05) is 6.54 Å². The molecular weight excluding hydrogens is 326 g/mol. The van der Waals surface area contributed by atoms with Gasteiger partial charge in [-0.05, 0) is 37.3 Å². The van der Waals surface area contributed by atoms with Crippen molar-refractivity contribution in [2.45, 2.75) is 37.8 Å². The number of hydrogen-bond acceptors (Lipinski definition) is 5. The van der Waals surface area contributed by atoms with Gasteiger partial charge in [-0.3, -0.25) is 19.3 Å². The number of carbonyl (C=O) groups is 4. The van der Waals surface area contributed by atoms with E-state index in [9.17, 15) is 19.2 Å². The number of imide groups is 1. The highest BCUT2D eigenvalue weighted by Gasteiger charge is 2.54. The van der Waals surface area contributed by atoms with Crippen LogP contribution in [0, 0.1) is 0 Å². The zero-order valence-electron chi connectivity index (χ0n) is 13.8. The first-order valence-electron chi connectivity index (χ1n) is 8.06. The Bertz CT molecular complexity index is 762. The quantitative estimate of drug-likeness (QED) is 0.596. The first-order chi connectivity index (χ1) is 11.8. The Labute approximate surface area is 144 Å². The number of aryl methyl sites for hydroxylation is 1. The third-order valence-corrected chi connectivity index (χ3v) is 4.65. The van der Waals surface area contributed by atoms with Crippen molar-refractivity contribution in [3.63, 3.8) is 0 Å². The van der Waals surface area contributed by atoms with Crippen LogP contribution in [0.25, 0.3) is 0 Å². The number of hydrogen-bond donors (Lipinski definition) is 2. The van der Waals surface area contributed by atoms with Crippen LogP contribution in [0.4, 0.5) is 4.79 Å². The molecule has 1 aromatic rings. The molecule has 0 unspecified atom stereocenters. The largest absolute Gasteiger partial charge is 0.451 e. The fourth-order valence-corrected chi connectivity index (χ4v) is 3.38. The molecule has 3 rings (SSSR count). The van der Waals surface area contributed by atoms with E-state index >= 15 is 0 Å². The first kappa shape index (κ1) is 16.9. The van der Waals surface area contributed by atoms with Gasteiger partial charge in [0.15, 0.2) is 6.10 Å². The number of fused-ring (bicyclic) bond motifs is 2. The van der Waals surface area contributed by atoms with Crippen molar-refractivity contribution >= 4 is 23.8 Å². The predicted octanol–water partition coefficient (Wildman–Crippen LogP) is 0.187. The number of carbonyl (C=O) groups excluding carboxylic acids is 4. The second kappa shape index (κ2) is 6.19. The summed E-state index contributed by atoms with van der Waals surface area (Å²) in [6, 6.07) is 6.81. The zero-order chi connectivity index (χ0) is 18.2. The van der Waals surface area contributed by atoms with Crippen molar-refractivity contribution in [1.29, 1.82) is 0 Å². The van der Waals surface area contributed by atoms with Gasteiger partial charge < -0.3 is 15.8 Å². The summed E-state index contributed by atoms with van der Waals surface area (Å²) >= 11 is 0. The third kappa shape index (κ3) is 2.84. The lowest BCUT2D eigenvalue weighted by Crippen LogP contribution is -2.47. The van der Waals surface area contributed by atoms with Gasteiger partial charge in [-0.1, -0.05) is 24.3 Å². The summed E-state index contributed by atoms with van der Waals surface area (Å²) in [7, 11) is 0. The molecule has 25 heavy (non-hydrogen) atoms. The van der Waals surface area contributed by atoms with E-state index < -0.39 is 42.0 Å². The Morgan fingerprint density at radius 2 is 2.08 bits per heavy atom. The molecule has 1 aliphatic carbocycles. The van der Waals surface area contributed by atoms with Gasteiger partial charge in [0, 0.05) is 0 Å². The Kier molecular flexibility index (Phi) is 4.20. The van der Waals surface area contributed by atoms with Gasteiger partial charge in [-0.15, -0.1) is 0 Å². The Morgan fingerprint density at radius 3 is 2.80 bits per heavy atom. The SMILES string of the molecule is C[C@H](OC(=O)CN1C(=O)N[C@]2(CCCc3ccccc32)C1=O)C(N)=O. The molecule has 1 spiro atoms. The Balaban J connectivity index is 1.82. The third-order valence-electron chi connectivity index (χ3n) is 4.65. The van der Waals surface area contributed by atoms with Gasteiger partial charge in [0.1, 0.15) is 12.1 Å². The highest BCUT2D eigenvalue weighted by atomic mass is 16.5. The topological polar surface area (TPSA) is 119 Å². The van der Waals surface area contributed by atoms with Crippen LogP contribution in [-0.2, 0) is 31.1 Å².